The van der Waals surface area contributed by atoms with Crippen molar-refractivity contribution in [3.63, 3.8) is 0 Å². The lowest BCUT2D eigenvalue weighted by Gasteiger charge is -2.12. The number of nitrogens with zero attached hydrogens (tertiary/aromatic N) is 1. The van der Waals surface area contributed by atoms with Crippen LogP contribution in [0.2, 0.25) is 5.02 Å². The van der Waals surface area contributed by atoms with E-state index in [1.54, 1.807) is 18.2 Å². The lowest BCUT2D eigenvalue weighted by molar-refractivity contribution is -0.697. The molecule has 4 nitrogen and oxygen atoms in total. The molecule has 102 valence electrons. The molecule has 0 aliphatic rings. The molecule has 0 saturated heterocycles. The highest BCUT2D eigenvalue weighted by Crippen LogP contribution is 2.16. The molecule has 2 aromatic rings. The van der Waals surface area contributed by atoms with E-state index in [2.05, 4.69) is 29.1 Å². The predicted molar refractivity (Wildman–Crippen MR) is 77.5 cm³/mol. The molecule has 0 unspecified atom stereocenters. The maximum Gasteiger partial charge on any atom is 0.258 e. The number of aromatic amines is 1. The normalized spacial score (nSPS) is 12.8. The van der Waals surface area contributed by atoms with Crippen molar-refractivity contribution >= 4 is 22.5 Å². The number of nitrogens with two attached hydrogens (primary N) is 1. The van der Waals surface area contributed by atoms with Crippen LogP contribution in [0.15, 0.2) is 23.0 Å². The molecule has 0 bridgehead atoms. The topological polar surface area (TPSA) is 62.4 Å². The van der Waals surface area contributed by atoms with Crippen molar-refractivity contribution in [1.82, 2.24) is 9.97 Å². The molecule has 0 saturated carbocycles. The van der Waals surface area contributed by atoms with Crippen molar-refractivity contribution in [3.8, 4) is 0 Å². The Labute approximate surface area is 117 Å². The minimum absolute atomic E-state index is 0.0972. The van der Waals surface area contributed by atoms with E-state index >= 15 is 0 Å². The number of H-pyrrole nitrogens is 1. The second kappa shape index (κ2) is 6.17. The van der Waals surface area contributed by atoms with Gasteiger partial charge in [-0.05, 0) is 24.6 Å². The van der Waals surface area contributed by atoms with Crippen LogP contribution in [-0.4, -0.2) is 16.5 Å². The third kappa shape index (κ3) is 3.14. The molecule has 1 aromatic heterocycles. The molecule has 0 amide bonds. The standard InChI is InChI=1S/C14H18ClN3O/c1-3-7-16-11(4-2)13-17-12-8-9(15)5-6-10(12)14(19)18-13/h5-6,8,11,16H,3-4,7H2,1-2H3,(H,17,18,19)/p+1/t11-/m0/s1. The number of rotatable bonds is 5. The van der Waals surface area contributed by atoms with Crippen LogP contribution >= 0.6 is 11.6 Å². The summed E-state index contributed by atoms with van der Waals surface area (Å²) in [6.45, 7) is 5.26. The highest BCUT2D eigenvalue weighted by atomic mass is 35.5. The fraction of sp³-hybridized carbons (Fsp3) is 0.429. The summed E-state index contributed by atoms with van der Waals surface area (Å²) in [7, 11) is 0. The minimum Gasteiger partial charge on any atom is -0.338 e. The number of quaternary nitrogens is 1. The van der Waals surface area contributed by atoms with Crippen LogP contribution in [0.3, 0.4) is 0 Å². The Kier molecular flexibility index (Phi) is 4.56. The molecular formula is C14H19ClN3O+. The van der Waals surface area contributed by atoms with E-state index in [4.69, 9.17) is 11.6 Å². The van der Waals surface area contributed by atoms with Crippen molar-refractivity contribution in [2.24, 2.45) is 0 Å². The van der Waals surface area contributed by atoms with E-state index in [9.17, 15) is 4.79 Å². The number of fused-ring (bicyclic) bond motifs is 1. The van der Waals surface area contributed by atoms with Gasteiger partial charge in [-0.1, -0.05) is 25.4 Å². The highest BCUT2D eigenvalue weighted by Gasteiger charge is 2.16. The van der Waals surface area contributed by atoms with Gasteiger partial charge in [0.05, 0.1) is 17.4 Å². The summed E-state index contributed by atoms with van der Waals surface area (Å²) in [5.74, 6) is 0.732. The van der Waals surface area contributed by atoms with Gasteiger partial charge in [0.1, 0.15) is 6.04 Å². The third-order valence-corrected chi connectivity index (χ3v) is 3.45. The first-order valence-electron chi connectivity index (χ1n) is 6.68. The van der Waals surface area contributed by atoms with Crippen LogP contribution in [0.4, 0.5) is 0 Å². The second-order valence-corrected chi connectivity index (χ2v) is 5.09. The Morgan fingerprint density at radius 1 is 1.42 bits per heavy atom. The number of hydrogen-bond donors (Lipinski definition) is 2. The average Bonchev–Trinajstić information content (AvgIpc) is 2.39. The van der Waals surface area contributed by atoms with Gasteiger partial charge in [0.25, 0.3) is 5.56 Å². The van der Waals surface area contributed by atoms with Crippen molar-refractivity contribution in [3.05, 3.63) is 39.4 Å². The Balaban J connectivity index is 2.46. The first-order chi connectivity index (χ1) is 9.15. The van der Waals surface area contributed by atoms with E-state index in [0.29, 0.717) is 15.9 Å². The van der Waals surface area contributed by atoms with Crippen LogP contribution in [0, 0.1) is 0 Å². The second-order valence-electron chi connectivity index (χ2n) is 4.65. The molecule has 0 fully saturated rings. The number of aromatic nitrogens is 2. The van der Waals surface area contributed by atoms with Crippen molar-refractivity contribution < 1.29 is 5.32 Å². The zero-order valence-corrected chi connectivity index (χ0v) is 12.0. The first-order valence-corrected chi connectivity index (χ1v) is 7.06. The molecule has 0 aliphatic heterocycles. The minimum atomic E-state index is -0.0972. The van der Waals surface area contributed by atoms with Gasteiger partial charge >= 0.3 is 0 Å². The van der Waals surface area contributed by atoms with Crippen LogP contribution in [0.25, 0.3) is 10.9 Å². The van der Waals surface area contributed by atoms with Gasteiger partial charge < -0.3 is 10.3 Å². The van der Waals surface area contributed by atoms with E-state index < -0.39 is 0 Å². The number of nitrogens with one attached hydrogen (secondary N) is 1. The van der Waals surface area contributed by atoms with Crippen LogP contribution in [0.5, 0.6) is 0 Å². The molecule has 19 heavy (non-hydrogen) atoms. The van der Waals surface area contributed by atoms with Gasteiger partial charge in [-0.15, -0.1) is 0 Å². The van der Waals surface area contributed by atoms with Crippen molar-refractivity contribution in [2.75, 3.05) is 6.54 Å². The summed E-state index contributed by atoms with van der Waals surface area (Å²) in [5.41, 5.74) is 0.564. The van der Waals surface area contributed by atoms with Crippen molar-refractivity contribution in [1.29, 1.82) is 0 Å². The zero-order valence-electron chi connectivity index (χ0n) is 11.2. The molecule has 5 heteroatoms. The lowest BCUT2D eigenvalue weighted by Crippen LogP contribution is -2.85. The fourth-order valence-electron chi connectivity index (χ4n) is 2.15. The largest absolute Gasteiger partial charge is 0.338 e. The number of halogens is 1. The van der Waals surface area contributed by atoms with Gasteiger partial charge in [0.15, 0.2) is 5.82 Å². The SMILES string of the molecule is CCC[NH2+][C@@H](CC)c1nc2cc(Cl)ccc2c(=O)[nH]1. The van der Waals surface area contributed by atoms with Gasteiger partial charge in [0, 0.05) is 11.4 Å². The van der Waals surface area contributed by atoms with Gasteiger partial charge in [0.2, 0.25) is 0 Å². The maximum absolute atomic E-state index is 12.1. The van der Waals surface area contributed by atoms with Crippen molar-refractivity contribution in [2.45, 2.75) is 32.7 Å². The van der Waals surface area contributed by atoms with Crippen LogP contribution < -0.4 is 10.9 Å². The summed E-state index contributed by atoms with van der Waals surface area (Å²) in [4.78, 5) is 19.5. The molecule has 0 aliphatic carbocycles. The Hall–Kier alpha value is -1.39. The lowest BCUT2D eigenvalue weighted by atomic mass is 10.2. The van der Waals surface area contributed by atoms with E-state index in [0.717, 1.165) is 25.2 Å². The molecule has 1 heterocycles. The summed E-state index contributed by atoms with van der Waals surface area (Å²) in [6, 6.07) is 5.35. The van der Waals surface area contributed by atoms with Crippen LogP contribution in [-0.2, 0) is 0 Å². The molecule has 1 aromatic carbocycles. The monoisotopic (exact) mass is 280 g/mol. The summed E-state index contributed by atoms with van der Waals surface area (Å²) >= 11 is 5.96. The van der Waals surface area contributed by atoms with Crippen LogP contribution in [0.1, 0.15) is 38.6 Å². The maximum atomic E-state index is 12.1. The van der Waals surface area contributed by atoms with E-state index in [1.165, 1.54) is 0 Å². The zero-order chi connectivity index (χ0) is 13.8. The smallest absolute Gasteiger partial charge is 0.258 e. The predicted octanol–water partition coefficient (Wildman–Crippen LogP) is 2.00. The Bertz CT molecular complexity index is 624. The molecule has 2 rings (SSSR count). The molecule has 0 spiro atoms. The third-order valence-electron chi connectivity index (χ3n) is 3.22. The number of benzene rings is 1. The van der Waals surface area contributed by atoms with Gasteiger partial charge in [-0.25, -0.2) is 4.98 Å². The highest BCUT2D eigenvalue weighted by molar-refractivity contribution is 6.31. The molecule has 0 radical (unpaired) electrons. The summed E-state index contributed by atoms with van der Waals surface area (Å²) < 4.78 is 0. The number of hydrogen-bond acceptors (Lipinski definition) is 2. The Morgan fingerprint density at radius 2 is 2.21 bits per heavy atom. The first kappa shape index (κ1) is 14.0. The summed E-state index contributed by atoms with van der Waals surface area (Å²) in [5, 5.41) is 3.40. The Morgan fingerprint density at radius 3 is 2.89 bits per heavy atom. The molecule has 3 N–H and O–H groups in total. The quantitative estimate of drug-likeness (QED) is 0.880. The van der Waals surface area contributed by atoms with E-state index in [-0.39, 0.29) is 11.6 Å². The average molecular weight is 281 g/mol. The van der Waals surface area contributed by atoms with Gasteiger partial charge in [-0.2, -0.15) is 0 Å². The summed E-state index contributed by atoms with van der Waals surface area (Å²) in [6.07, 6.45) is 2.02. The van der Waals surface area contributed by atoms with Gasteiger partial charge in [-0.3, -0.25) is 4.79 Å². The fourth-order valence-corrected chi connectivity index (χ4v) is 2.31. The van der Waals surface area contributed by atoms with E-state index in [1.807, 2.05) is 0 Å². The molecule has 1 atom stereocenters. The molecular weight excluding hydrogens is 262 g/mol.